The summed E-state index contributed by atoms with van der Waals surface area (Å²) in [5, 5.41) is 15.5. The molecule has 1 N–H and O–H groups in total. The van der Waals surface area contributed by atoms with Gasteiger partial charge >= 0.3 is 0 Å². The number of nitrogens with one attached hydrogen (secondary N) is 1. The van der Waals surface area contributed by atoms with Gasteiger partial charge in [-0.05, 0) is 60.7 Å². The van der Waals surface area contributed by atoms with Gasteiger partial charge in [0.15, 0.2) is 5.11 Å². The Bertz CT molecular complexity index is 1480. The Morgan fingerprint density at radius 2 is 1.89 bits per heavy atom. The number of hydrogen-bond donors (Lipinski definition) is 1. The zero-order valence-electron chi connectivity index (χ0n) is 19.8. The molecule has 2 aromatic carbocycles. The largest absolute Gasteiger partial charge is 0.496 e. The standard InChI is InChI=1S/C26H21ClN4O5S/c1-34-21-9-7-15(13-18(21)27)30-25(24(29-26(30)37)19-5-3-4-12-28-19)22-11-10-20(36-22)17-8-6-16(31(32)33)14-23(17)35-2/h3-14,24-25H,1-2H3,(H,29,37). The molecule has 0 aliphatic carbocycles. The maximum atomic E-state index is 11.2. The molecule has 4 aromatic rings. The molecule has 3 heterocycles. The lowest BCUT2D eigenvalue weighted by Gasteiger charge is -2.26. The van der Waals surface area contributed by atoms with Crippen LogP contribution in [0, 0.1) is 10.1 Å². The van der Waals surface area contributed by atoms with E-state index in [0.717, 1.165) is 11.4 Å². The zero-order chi connectivity index (χ0) is 26.1. The number of nitro benzene ring substituents is 1. The molecule has 2 aromatic heterocycles. The van der Waals surface area contributed by atoms with Crippen molar-refractivity contribution >= 4 is 40.3 Å². The second-order valence-corrected chi connectivity index (χ2v) is 8.95. The third-order valence-electron chi connectivity index (χ3n) is 6.09. The average Bonchev–Trinajstić information content (AvgIpc) is 3.53. The minimum atomic E-state index is -0.472. The van der Waals surface area contributed by atoms with E-state index in [4.69, 9.17) is 37.7 Å². The molecule has 0 radical (unpaired) electrons. The Labute approximate surface area is 222 Å². The topological polar surface area (TPSA) is 103 Å². The van der Waals surface area contributed by atoms with Crippen molar-refractivity contribution in [3.63, 3.8) is 0 Å². The maximum Gasteiger partial charge on any atom is 0.273 e. The van der Waals surface area contributed by atoms with Crippen LogP contribution in [0.15, 0.2) is 77.3 Å². The molecular formula is C26H21ClN4O5S. The molecule has 1 aliphatic rings. The van der Waals surface area contributed by atoms with Crippen molar-refractivity contribution in [2.45, 2.75) is 12.1 Å². The third-order valence-corrected chi connectivity index (χ3v) is 6.70. The molecule has 11 heteroatoms. The van der Waals surface area contributed by atoms with Gasteiger partial charge in [-0.15, -0.1) is 0 Å². The van der Waals surface area contributed by atoms with Crippen molar-refractivity contribution in [2.24, 2.45) is 0 Å². The number of aromatic nitrogens is 1. The molecule has 1 aliphatic heterocycles. The van der Waals surface area contributed by atoms with Crippen LogP contribution in [0.2, 0.25) is 5.02 Å². The summed E-state index contributed by atoms with van der Waals surface area (Å²) in [4.78, 5) is 17.2. The number of methoxy groups -OCH3 is 2. The van der Waals surface area contributed by atoms with Crippen molar-refractivity contribution < 1.29 is 18.8 Å². The number of non-ortho nitro benzene ring substituents is 1. The van der Waals surface area contributed by atoms with Gasteiger partial charge < -0.3 is 24.1 Å². The molecule has 0 spiro atoms. The molecule has 0 saturated carbocycles. The highest BCUT2D eigenvalue weighted by atomic mass is 35.5. The summed E-state index contributed by atoms with van der Waals surface area (Å²) in [6.45, 7) is 0. The molecule has 1 fully saturated rings. The number of benzene rings is 2. The average molecular weight is 537 g/mol. The smallest absolute Gasteiger partial charge is 0.273 e. The van der Waals surface area contributed by atoms with Crippen LogP contribution in [0.3, 0.4) is 0 Å². The SMILES string of the molecule is COc1ccc(N2C(=S)NC(c3ccccn3)C2c2ccc(-c3ccc([N+](=O)[O-])cc3OC)o2)cc1Cl. The first-order valence-corrected chi connectivity index (χ1v) is 12.0. The van der Waals surface area contributed by atoms with Crippen molar-refractivity contribution in [3.05, 3.63) is 99.5 Å². The predicted molar refractivity (Wildman–Crippen MR) is 143 cm³/mol. The molecule has 37 heavy (non-hydrogen) atoms. The first-order valence-electron chi connectivity index (χ1n) is 11.2. The second-order valence-electron chi connectivity index (χ2n) is 8.16. The van der Waals surface area contributed by atoms with Crippen LogP contribution in [-0.4, -0.2) is 29.2 Å². The van der Waals surface area contributed by atoms with Gasteiger partial charge in [0.05, 0.1) is 47.5 Å². The highest BCUT2D eigenvalue weighted by Gasteiger charge is 2.42. The summed E-state index contributed by atoms with van der Waals surface area (Å²) < 4.78 is 17.1. The van der Waals surface area contributed by atoms with Crippen LogP contribution < -0.4 is 19.7 Å². The fourth-order valence-electron chi connectivity index (χ4n) is 4.38. The Kier molecular flexibility index (Phi) is 6.68. The van der Waals surface area contributed by atoms with Gasteiger partial charge in [0, 0.05) is 18.0 Å². The van der Waals surface area contributed by atoms with E-state index in [2.05, 4.69) is 10.3 Å². The number of pyridine rings is 1. The lowest BCUT2D eigenvalue weighted by molar-refractivity contribution is -0.384. The van der Waals surface area contributed by atoms with E-state index in [1.165, 1.54) is 19.2 Å². The number of anilines is 1. The monoisotopic (exact) mass is 536 g/mol. The highest BCUT2D eigenvalue weighted by molar-refractivity contribution is 7.80. The quantitative estimate of drug-likeness (QED) is 0.170. The number of rotatable bonds is 7. The molecule has 1 saturated heterocycles. The summed E-state index contributed by atoms with van der Waals surface area (Å²) in [5.41, 5.74) is 2.04. The van der Waals surface area contributed by atoms with E-state index in [1.54, 1.807) is 37.6 Å². The van der Waals surface area contributed by atoms with E-state index in [-0.39, 0.29) is 11.7 Å². The first kappa shape index (κ1) is 24.5. The highest BCUT2D eigenvalue weighted by Crippen LogP contribution is 2.45. The maximum absolute atomic E-state index is 11.2. The first-order chi connectivity index (χ1) is 17.9. The lowest BCUT2D eigenvalue weighted by atomic mass is 10.0. The summed E-state index contributed by atoms with van der Waals surface area (Å²) in [7, 11) is 3.01. The van der Waals surface area contributed by atoms with Crippen molar-refractivity contribution in [2.75, 3.05) is 19.1 Å². The van der Waals surface area contributed by atoms with Crippen LogP contribution >= 0.6 is 23.8 Å². The molecular weight excluding hydrogens is 516 g/mol. The molecule has 2 atom stereocenters. The normalized spacial score (nSPS) is 16.9. The van der Waals surface area contributed by atoms with Crippen LogP contribution in [0.4, 0.5) is 11.4 Å². The van der Waals surface area contributed by atoms with Crippen molar-refractivity contribution in [1.29, 1.82) is 0 Å². The number of halogens is 1. The number of nitrogens with zero attached hydrogens (tertiary/aromatic N) is 3. The van der Waals surface area contributed by atoms with Crippen LogP contribution in [0.5, 0.6) is 11.5 Å². The van der Waals surface area contributed by atoms with Gasteiger partial charge in [-0.3, -0.25) is 15.1 Å². The number of ether oxygens (including phenoxy) is 2. The van der Waals surface area contributed by atoms with Crippen molar-refractivity contribution in [3.8, 4) is 22.8 Å². The van der Waals surface area contributed by atoms with Gasteiger partial charge in [0.2, 0.25) is 0 Å². The number of nitro groups is 1. The molecule has 0 amide bonds. The minimum Gasteiger partial charge on any atom is -0.496 e. The number of thiocarbonyl (C=S) groups is 1. The summed E-state index contributed by atoms with van der Waals surface area (Å²) in [6.07, 6.45) is 1.72. The summed E-state index contributed by atoms with van der Waals surface area (Å²) in [6, 6.07) is 18.4. The summed E-state index contributed by atoms with van der Waals surface area (Å²) >= 11 is 12.2. The van der Waals surface area contributed by atoms with E-state index < -0.39 is 11.0 Å². The van der Waals surface area contributed by atoms with Crippen molar-refractivity contribution in [1.82, 2.24) is 10.3 Å². The predicted octanol–water partition coefficient (Wildman–Crippen LogP) is 6.10. The van der Waals surface area contributed by atoms with Crippen LogP contribution in [0.25, 0.3) is 11.3 Å². The minimum absolute atomic E-state index is 0.0736. The molecule has 5 rings (SSSR count). The third kappa shape index (κ3) is 4.56. The van der Waals surface area contributed by atoms with Gasteiger partial charge in [0.1, 0.15) is 29.1 Å². The van der Waals surface area contributed by atoms with E-state index >= 15 is 0 Å². The second kappa shape index (κ2) is 10.1. The lowest BCUT2D eigenvalue weighted by Crippen LogP contribution is -2.29. The Balaban J connectivity index is 1.60. The van der Waals surface area contributed by atoms with Crippen LogP contribution in [-0.2, 0) is 0 Å². The molecule has 0 bridgehead atoms. The van der Waals surface area contributed by atoms with E-state index in [0.29, 0.717) is 38.7 Å². The van der Waals surface area contributed by atoms with Gasteiger partial charge in [-0.2, -0.15) is 0 Å². The fraction of sp³-hybridized carbons (Fsp3) is 0.154. The number of furan rings is 1. The van der Waals surface area contributed by atoms with Gasteiger partial charge in [-0.25, -0.2) is 0 Å². The Hall–Kier alpha value is -4.15. The van der Waals surface area contributed by atoms with Gasteiger partial charge in [0.25, 0.3) is 5.69 Å². The fourth-order valence-corrected chi connectivity index (χ4v) is 4.98. The molecule has 188 valence electrons. The van der Waals surface area contributed by atoms with Gasteiger partial charge in [-0.1, -0.05) is 17.7 Å². The van der Waals surface area contributed by atoms with Crippen LogP contribution in [0.1, 0.15) is 23.5 Å². The molecule has 9 nitrogen and oxygen atoms in total. The zero-order valence-corrected chi connectivity index (χ0v) is 21.3. The van der Waals surface area contributed by atoms with E-state index in [9.17, 15) is 10.1 Å². The summed E-state index contributed by atoms with van der Waals surface area (Å²) in [5.74, 6) is 1.97. The Morgan fingerprint density at radius 1 is 1.08 bits per heavy atom. The molecule has 2 unspecified atom stereocenters. The van der Waals surface area contributed by atoms with E-state index in [1.807, 2.05) is 35.2 Å². The Morgan fingerprint density at radius 3 is 2.57 bits per heavy atom. The number of hydrogen-bond acceptors (Lipinski definition) is 7.